The minimum Gasteiger partial charge on any atom is -0.389 e. The summed E-state index contributed by atoms with van der Waals surface area (Å²) >= 11 is 8.01. The molecule has 110 valence electrons. The molecule has 6 heteroatoms. The van der Waals surface area contributed by atoms with Gasteiger partial charge in [0, 0.05) is 11.6 Å². The molecule has 2 aromatic carbocycles. The van der Waals surface area contributed by atoms with Crippen LogP contribution in [0.1, 0.15) is 24.1 Å². The molecule has 0 radical (unpaired) electrons. The van der Waals surface area contributed by atoms with Crippen molar-refractivity contribution in [1.82, 2.24) is 0 Å². The first-order valence-electron chi connectivity index (χ1n) is 6.20. The van der Waals surface area contributed by atoms with E-state index in [-0.39, 0.29) is 21.3 Å². The van der Waals surface area contributed by atoms with E-state index in [9.17, 15) is 8.78 Å². The average molecular weight is 371 g/mol. The van der Waals surface area contributed by atoms with Crippen LogP contribution >= 0.6 is 28.1 Å². The van der Waals surface area contributed by atoms with Gasteiger partial charge in [0.1, 0.15) is 10.8 Å². The molecule has 1 unspecified atom stereocenters. The molecule has 0 fully saturated rings. The number of anilines is 1. The van der Waals surface area contributed by atoms with E-state index in [4.69, 9.17) is 18.0 Å². The Labute approximate surface area is 135 Å². The summed E-state index contributed by atoms with van der Waals surface area (Å²) in [5, 5.41) is 3.04. The summed E-state index contributed by atoms with van der Waals surface area (Å²) in [4.78, 5) is 0.124. The second-order valence-electron chi connectivity index (χ2n) is 4.57. The summed E-state index contributed by atoms with van der Waals surface area (Å²) in [6.45, 7) is 1.86. The lowest BCUT2D eigenvalue weighted by atomic mass is 10.1. The van der Waals surface area contributed by atoms with Gasteiger partial charge in [-0.1, -0.05) is 24.4 Å². The van der Waals surface area contributed by atoms with Crippen molar-refractivity contribution in [3.63, 3.8) is 0 Å². The van der Waals surface area contributed by atoms with Crippen LogP contribution in [0.4, 0.5) is 14.5 Å². The molecule has 0 aliphatic heterocycles. The summed E-state index contributed by atoms with van der Waals surface area (Å²) in [5.41, 5.74) is 7.14. The van der Waals surface area contributed by atoms with Gasteiger partial charge < -0.3 is 11.1 Å². The van der Waals surface area contributed by atoms with Crippen molar-refractivity contribution in [1.29, 1.82) is 0 Å². The van der Waals surface area contributed by atoms with Crippen LogP contribution in [0, 0.1) is 11.6 Å². The van der Waals surface area contributed by atoms with Gasteiger partial charge in [0.15, 0.2) is 5.82 Å². The molecule has 0 saturated carbocycles. The van der Waals surface area contributed by atoms with E-state index in [2.05, 4.69) is 21.2 Å². The van der Waals surface area contributed by atoms with Gasteiger partial charge >= 0.3 is 0 Å². The van der Waals surface area contributed by atoms with Crippen LogP contribution in [0.5, 0.6) is 0 Å². The number of rotatable bonds is 4. The van der Waals surface area contributed by atoms with Crippen LogP contribution in [-0.4, -0.2) is 4.99 Å². The van der Waals surface area contributed by atoms with E-state index >= 15 is 0 Å². The van der Waals surface area contributed by atoms with E-state index in [1.54, 1.807) is 24.3 Å². The molecule has 21 heavy (non-hydrogen) atoms. The molecule has 2 aromatic rings. The van der Waals surface area contributed by atoms with Crippen molar-refractivity contribution in [2.75, 3.05) is 5.32 Å². The Kier molecular flexibility index (Phi) is 4.90. The van der Waals surface area contributed by atoms with Crippen molar-refractivity contribution >= 4 is 38.8 Å². The van der Waals surface area contributed by atoms with Crippen molar-refractivity contribution in [3.05, 3.63) is 63.6 Å². The minimum atomic E-state index is -0.464. The highest BCUT2D eigenvalue weighted by atomic mass is 79.9. The Morgan fingerprint density at radius 1 is 1.19 bits per heavy atom. The molecular weight excluding hydrogens is 358 g/mol. The maximum absolute atomic E-state index is 14.3. The van der Waals surface area contributed by atoms with Gasteiger partial charge in [-0.2, -0.15) is 0 Å². The monoisotopic (exact) mass is 370 g/mol. The highest BCUT2D eigenvalue weighted by Gasteiger charge is 2.15. The number of thiocarbonyl (C=S) groups is 1. The van der Waals surface area contributed by atoms with Gasteiger partial charge in [0.05, 0.1) is 10.2 Å². The van der Waals surface area contributed by atoms with Crippen molar-refractivity contribution in [2.24, 2.45) is 5.73 Å². The highest BCUT2D eigenvalue weighted by Crippen LogP contribution is 2.29. The second-order valence-corrected chi connectivity index (χ2v) is 5.80. The zero-order valence-corrected chi connectivity index (χ0v) is 13.6. The molecule has 0 bridgehead atoms. The van der Waals surface area contributed by atoms with E-state index < -0.39 is 5.82 Å². The molecule has 2 nitrogen and oxygen atoms in total. The van der Waals surface area contributed by atoms with Gasteiger partial charge in [0.2, 0.25) is 0 Å². The summed E-state index contributed by atoms with van der Waals surface area (Å²) in [6, 6.07) is 9.10. The summed E-state index contributed by atoms with van der Waals surface area (Å²) in [5.74, 6) is -0.769. The molecule has 1 atom stereocenters. The fourth-order valence-corrected chi connectivity index (χ4v) is 2.78. The van der Waals surface area contributed by atoms with E-state index in [0.717, 1.165) is 5.56 Å². The third-order valence-corrected chi connectivity index (χ3v) is 4.08. The molecule has 3 N–H and O–H groups in total. The first kappa shape index (κ1) is 15.9. The molecule has 0 heterocycles. The van der Waals surface area contributed by atoms with E-state index in [1.165, 1.54) is 12.1 Å². The van der Waals surface area contributed by atoms with Gasteiger partial charge in [-0.25, -0.2) is 8.78 Å². The minimum absolute atomic E-state index is 0.124. The third kappa shape index (κ3) is 3.57. The van der Waals surface area contributed by atoms with Crippen LogP contribution in [0.3, 0.4) is 0 Å². The van der Waals surface area contributed by atoms with Crippen LogP contribution in [0.2, 0.25) is 0 Å². The highest BCUT2D eigenvalue weighted by molar-refractivity contribution is 9.10. The smallest absolute Gasteiger partial charge is 0.161 e. The number of hydrogen-bond acceptors (Lipinski definition) is 2. The second kappa shape index (κ2) is 6.49. The van der Waals surface area contributed by atoms with Crippen LogP contribution in [0.15, 0.2) is 40.9 Å². The number of nitrogens with one attached hydrogen (secondary N) is 1. The van der Waals surface area contributed by atoms with E-state index in [0.29, 0.717) is 11.3 Å². The fraction of sp³-hybridized carbons (Fsp3) is 0.133. The predicted octanol–water partition coefficient (Wildman–Crippen LogP) is 4.53. The number of halogens is 3. The van der Waals surface area contributed by atoms with Crippen molar-refractivity contribution < 1.29 is 8.78 Å². The van der Waals surface area contributed by atoms with Gasteiger partial charge in [-0.15, -0.1) is 0 Å². The normalized spacial score (nSPS) is 12.0. The maximum Gasteiger partial charge on any atom is 0.161 e. The fourth-order valence-electron chi connectivity index (χ4n) is 1.92. The molecule has 0 amide bonds. The quantitative estimate of drug-likeness (QED) is 0.776. The summed E-state index contributed by atoms with van der Waals surface area (Å²) in [7, 11) is 0. The average Bonchev–Trinajstić information content (AvgIpc) is 2.44. The van der Waals surface area contributed by atoms with E-state index in [1.807, 2.05) is 6.92 Å². The standard InChI is InChI=1S/C15H13BrF2N2S/c1-8(9-2-4-10(17)5-3-9)20-12-7-6-11(15(19)21)13(16)14(12)18/h2-8,20H,1H3,(H2,19,21). The third-order valence-electron chi connectivity index (χ3n) is 3.09. The number of nitrogens with two attached hydrogens (primary N) is 1. The van der Waals surface area contributed by atoms with Gasteiger partial charge in [-0.05, 0) is 52.7 Å². The molecule has 2 rings (SSSR count). The summed E-state index contributed by atoms with van der Waals surface area (Å²) < 4.78 is 27.4. The predicted molar refractivity (Wildman–Crippen MR) is 88.4 cm³/mol. The van der Waals surface area contributed by atoms with Crippen LogP contribution in [0.25, 0.3) is 0 Å². The number of hydrogen-bond donors (Lipinski definition) is 2. The molecular formula is C15H13BrF2N2S. The van der Waals surface area contributed by atoms with Crippen molar-refractivity contribution in [3.8, 4) is 0 Å². The van der Waals surface area contributed by atoms with Crippen LogP contribution in [-0.2, 0) is 0 Å². The first-order valence-corrected chi connectivity index (χ1v) is 7.40. The number of benzene rings is 2. The van der Waals surface area contributed by atoms with Gasteiger partial charge in [0.25, 0.3) is 0 Å². The molecule has 0 spiro atoms. The lowest BCUT2D eigenvalue weighted by Gasteiger charge is -2.17. The zero-order chi connectivity index (χ0) is 15.6. The maximum atomic E-state index is 14.3. The SMILES string of the molecule is CC(Nc1ccc(C(N)=S)c(Br)c1F)c1ccc(F)cc1. The largest absolute Gasteiger partial charge is 0.389 e. The Bertz CT molecular complexity index is 674. The first-order chi connectivity index (χ1) is 9.90. The Morgan fingerprint density at radius 2 is 1.81 bits per heavy atom. The molecule has 0 aliphatic rings. The Hall–Kier alpha value is -1.53. The summed E-state index contributed by atoms with van der Waals surface area (Å²) in [6.07, 6.45) is 0. The van der Waals surface area contributed by atoms with Gasteiger partial charge in [-0.3, -0.25) is 0 Å². The Morgan fingerprint density at radius 3 is 2.38 bits per heavy atom. The topological polar surface area (TPSA) is 38.0 Å². The van der Waals surface area contributed by atoms with Crippen LogP contribution < -0.4 is 11.1 Å². The van der Waals surface area contributed by atoms with Crippen molar-refractivity contribution in [2.45, 2.75) is 13.0 Å². The molecule has 0 aromatic heterocycles. The zero-order valence-electron chi connectivity index (χ0n) is 11.2. The molecule has 0 aliphatic carbocycles. The lowest BCUT2D eigenvalue weighted by molar-refractivity contribution is 0.619. The Balaban J connectivity index is 2.25. The molecule has 0 saturated heterocycles. The lowest BCUT2D eigenvalue weighted by Crippen LogP contribution is -2.13.